The molecule has 0 heterocycles. The van der Waals surface area contributed by atoms with Crippen molar-refractivity contribution >= 4 is 17.6 Å². The Kier molecular flexibility index (Phi) is 4.04. The van der Waals surface area contributed by atoms with Crippen molar-refractivity contribution in [1.29, 1.82) is 0 Å². The third-order valence-corrected chi connectivity index (χ3v) is 3.51. The number of amides is 1. The van der Waals surface area contributed by atoms with Crippen molar-refractivity contribution in [2.45, 2.75) is 38.1 Å². The predicted molar refractivity (Wildman–Crippen MR) is 72.4 cm³/mol. The highest BCUT2D eigenvalue weighted by Gasteiger charge is 2.21. The zero-order valence-corrected chi connectivity index (χ0v) is 10.7. The number of rotatable bonds is 4. The third kappa shape index (κ3) is 3.05. The van der Waals surface area contributed by atoms with Crippen LogP contribution in [0.25, 0.3) is 0 Å². The molecule has 0 radical (unpaired) electrons. The first kappa shape index (κ1) is 13.4. The molecule has 1 saturated carbocycles. The molecule has 0 saturated heterocycles. The van der Waals surface area contributed by atoms with Gasteiger partial charge in [-0.25, -0.2) is 4.79 Å². The summed E-state index contributed by atoms with van der Waals surface area (Å²) in [5, 5.41) is 12.4. The number of carbonyl (C=O) groups excluding carboxylic acids is 1. The number of carboxylic acid groups (broad SMARTS) is 1. The van der Waals surface area contributed by atoms with Gasteiger partial charge in [0, 0.05) is 11.7 Å². The van der Waals surface area contributed by atoms with Gasteiger partial charge < -0.3 is 16.2 Å². The first-order chi connectivity index (χ1) is 9.09. The van der Waals surface area contributed by atoms with E-state index in [1.165, 1.54) is 12.5 Å². The molecular weight excluding hydrogens is 244 g/mol. The minimum Gasteiger partial charge on any atom is -0.478 e. The molecule has 102 valence electrons. The SMILES string of the molecule is NC(=O)c1c(NC2CCCCC2)cccc1C(=O)O. The smallest absolute Gasteiger partial charge is 0.336 e. The Hall–Kier alpha value is -2.04. The van der Waals surface area contributed by atoms with Crippen molar-refractivity contribution in [3.8, 4) is 0 Å². The molecule has 1 aliphatic rings. The minimum absolute atomic E-state index is 0.0479. The second-order valence-corrected chi connectivity index (χ2v) is 4.88. The van der Waals surface area contributed by atoms with Crippen molar-refractivity contribution < 1.29 is 14.7 Å². The molecule has 0 spiro atoms. The number of nitrogens with one attached hydrogen (secondary N) is 1. The standard InChI is InChI=1S/C14H18N2O3/c15-13(17)12-10(14(18)19)7-4-8-11(12)16-9-5-2-1-3-6-9/h4,7-9,16H,1-3,5-6H2,(H2,15,17)(H,18,19). The Morgan fingerprint density at radius 3 is 2.47 bits per heavy atom. The van der Waals surface area contributed by atoms with E-state index in [4.69, 9.17) is 10.8 Å². The maximum Gasteiger partial charge on any atom is 0.336 e. The number of hydrogen-bond acceptors (Lipinski definition) is 3. The topological polar surface area (TPSA) is 92.4 Å². The maximum atomic E-state index is 11.5. The van der Waals surface area contributed by atoms with Crippen molar-refractivity contribution in [3.05, 3.63) is 29.3 Å². The summed E-state index contributed by atoms with van der Waals surface area (Å²) in [5.41, 5.74) is 5.87. The summed E-state index contributed by atoms with van der Waals surface area (Å²) in [6.45, 7) is 0. The Morgan fingerprint density at radius 2 is 1.89 bits per heavy atom. The van der Waals surface area contributed by atoms with Gasteiger partial charge in [0.1, 0.15) is 0 Å². The van der Waals surface area contributed by atoms with Gasteiger partial charge in [-0.3, -0.25) is 4.79 Å². The van der Waals surface area contributed by atoms with Gasteiger partial charge in [-0.2, -0.15) is 0 Å². The number of primary amides is 1. The molecule has 5 heteroatoms. The highest BCUT2D eigenvalue weighted by atomic mass is 16.4. The summed E-state index contributed by atoms with van der Waals surface area (Å²) in [7, 11) is 0. The van der Waals surface area contributed by atoms with Crippen molar-refractivity contribution in [2.24, 2.45) is 5.73 Å². The summed E-state index contributed by atoms with van der Waals surface area (Å²) < 4.78 is 0. The van der Waals surface area contributed by atoms with Crippen LogP contribution in [-0.4, -0.2) is 23.0 Å². The lowest BCUT2D eigenvalue weighted by Gasteiger charge is -2.25. The molecule has 4 N–H and O–H groups in total. The summed E-state index contributed by atoms with van der Waals surface area (Å²) in [6.07, 6.45) is 5.62. The van der Waals surface area contributed by atoms with Crippen LogP contribution >= 0.6 is 0 Å². The molecular formula is C14H18N2O3. The molecule has 0 unspecified atom stereocenters. The fraction of sp³-hybridized carbons (Fsp3) is 0.429. The van der Waals surface area contributed by atoms with Gasteiger partial charge in [0.05, 0.1) is 11.1 Å². The second kappa shape index (κ2) is 5.73. The number of aromatic carboxylic acids is 1. The largest absolute Gasteiger partial charge is 0.478 e. The van der Waals surface area contributed by atoms with Gasteiger partial charge in [-0.15, -0.1) is 0 Å². The fourth-order valence-electron chi connectivity index (χ4n) is 2.58. The molecule has 1 aromatic rings. The van der Waals surface area contributed by atoms with E-state index >= 15 is 0 Å². The van der Waals surface area contributed by atoms with Gasteiger partial charge in [0.25, 0.3) is 5.91 Å². The van der Waals surface area contributed by atoms with Crippen LogP contribution < -0.4 is 11.1 Å². The van der Waals surface area contributed by atoms with Crippen LogP contribution in [0, 0.1) is 0 Å². The summed E-state index contributed by atoms with van der Waals surface area (Å²) in [5.74, 6) is -1.85. The second-order valence-electron chi connectivity index (χ2n) is 4.88. The molecule has 2 rings (SSSR count). The van der Waals surface area contributed by atoms with Gasteiger partial charge in [-0.1, -0.05) is 25.3 Å². The Labute approximate surface area is 111 Å². The first-order valence-corrected chi connectivity index (χ1v) is 6.52. The Morgan fingerprint density at radius 1 is 1.21 bits per heavy atom. The van der Waals surface area contributed by atoms with Crippen LogP contribution in [0.5, 0.6) is 0 Å². The normalized spacial score (nSPS) is 16.0. The lowest BCUT2D eigenvalue weighted by Crippen LogP contribution is -2.26. The molecule has 0 bridgehead atoms. The molecule has 0 aromatic heterocycles. The Bertz CT molecular complexity index is 493. The molecule has 0 atom stereocenters. The monoisotopic (exact) mass is 262 g/mol. The van der Waals surface area contributed by atoms with E-state index in [0.717, 1.165) is 25.7 Å². The maximum absolute atomic E-state index is 11.5. The lowest BCUT2D eigenvalue weighted by molar-refractivity contribution is 0.0692. The first-order valence-electron chi connectivity index (χ1n) is 6.52. The lowest BCUT2D eigenvalue weighted by atomic mass is 9.94. The van der Waals surface area contributed by atoms with E-state index in [1.807, 2.05) is 0 Å². The minimum atomic E-state index is -1.14. The quantitative estimate of drug-likeness (QED) is 0.775. The fourth-order valence-corrected chi connectivity index (χ4v) is 2.58. The number of benzene rings is 1. The van der Waals surface area contributed by atoms with Crippen molar-refractivity contribution in [1.82, 2.24) is 0 Å². The number of nitrogens with two attached hydrogens (primary N) is 1. The number of hydrogen-bond donors (Lipinski definition) is 3. The predicted octanol–water partition coefficient (Wildman–Crippen LogP) is 2.23. The van der Waals surface area contributed by atoms with Crippen LogP contribution in [0.15, 0.2) is 18.2 Å². The van der Waals surface area contributed by atoms with Gasteiger partial charge in [0.15, 0.2) is 0 Å². The third-order valence-electron chi connectivity index (χ3n) is 3.51. The van der Waals surface area contributed by atoms with Crippen molar-refractivity contribution in [3.63, 3.8) is 0 Å². The van der Waals surface area contributed by atoms with Crippen LogP contribution in [0.1, 0.15) is 52.8 Å². The molecule has 1 aromatic carbocycles. The van der Waals surface area contributed by atoms with E-state index in [9.17, 15) is 9.59 Å². The molecule has 19 heavy (non-hydrogen) atoms. The van der Waals surface area contributed by atoms with Gasteiger partial charge in [-0.05, 0) is 25.0 Å². The average Bonchev–Trinajstić information content (AvgIpc) is 2.39. The van der Waals surface area contributed by atoms with E-state index in [0.29, 0.717) is 5.69 Å². The number of carbonyl (C=O) groups is 2. The van der Waals surface area contributed by atoms with E-state index in [2.05, 4.69) is 5.32 Å². The van der Waals surface area contributed by atoms with Crippen LogP contribution in [0.4, 0.5) is 5.69 Å². The van der Waals surface area contributed by atoms with Gasteiger partial charge in [0.2, 0.25) is 0 Å². The molecule has 5 nitrogen and oxygen atoms in total. The molecule has 1 amide bonds. The zero-order valence-electron chi connectivity index (χ0n) is 10.7. The zero-order chi connectivity index (χ0) is 13.8. The van der Waals surface area contributed by atoms with E-state index < -0.39 is 11.9 Å². The molecule has 1 fully saturated rings. The van der Waals surface area contributed by atoms with Gasteiger partial charge >= 0.3 is 5.97 Å². The Balaban J connectivity index is 2.30. The van der Waals surface area contributed by atoms with Crippen LogP contribution in [0.3, 0.4) is 0 Å². The van der Waals surface area contributed by atoms with E-state index in [1.54, 1.807) is 12.1 Å². The highest BCUT2D eigenvalue weighted by molar-refractivity contribution is 6.08. The molecule has 1 aliphatic carbocycles. The van der Waals surface area contributed by atoms with E-state index in [-0.39, 0.29) is 17.2 Å². The van der Waals surface area contributed by atoms with Crippen LogP contribution in [0.2, 0.25) is 0 Å². The van der Waals surface area contributed by atoms with Crippen molar-refractivity contribution in [2.75, 3.05) is 5.32 Å². The molecule has 0 aliphatic heterocycles. The summed E-state index contributed by atoms with van der Waals surface area (Å²) >= 11 is 0. The highest BCUT2D eigenvalue weighted by Crippen LogP contribution is 2.25. The van der Waals surface area contributed by atoms with Crippen LogP contribution in [-0.2, 0) is 0 Å². The summed E-state index contributed by atoms with van der Waals surface area (Å²) in [6, 6.07) is 5.02. The average molecular weight is 262 g/mol. The summed E-state index contributed by atoms with van der Waals surface area (Å²) in [4.78, 5) is 22.6. The number of anilines is 1. The number of carboxylic acids is 1.